The molecule has 2 aromatic carbocycles. The van der Waals surface area contributed by atoms with Crippen LogP contribution in [0.1, 0.15) is 5.56 Å². The van der Waals surface area contributed by atoms with Crippen molar-refractivity contribution < 1.29 is 19.0 Å². The van der Waals surface area contributed by atoms with E-state index in [9.17, 15) is 4.79 Å². The molecule has 1 amide bonds. The van der Waals surface area contributed by atoms with E-state index in [4.69, 9.17) is 19.9 Å². The van der Waals surface area contributed by atoms with Gasteiger partial charge < -0.3 is 24.8 Å². The van der Waals surface area contributed by atoms with E-state index in [1.54, 1.807) is 7.11 Å². The number of hydrogen-bond donors (Lipinski definition) is 1. The molecule has 26 heavy (non-hydrogen) atoms. The summed E-state index contributed by atoms with van der Waals surface area (Å²) in [4.78, 5) is 13.2. The van der Waals surface area contributed by atoms with Crippen molar-refractivity contribution in [3.8, 4) is 11.5 Å². The molecular weight excluding hydrogens is 332 g/mol. The van der Waals surface area contributed by atoms with Crippen LogP contribution in [0.2, 0.25) is 0 Å². The minimum Gasteiger partial charge on any atom is -0.491 e. The van der Waals surface area contributed by atoms with E-state index < -0.39 is 0 Å². The molecule has 0 aromatic heterocycles. The number of anilines is 1. The topological polar surface area (TPSA) is 74.0 Å². The number of ether oxygens (including phenoxy) is 3. The van der Waals surface area contributed by atoms with Gasteiger partial charge in [0.25, 0.3) is 0 Å². The Morgan fingerprint density at radius 1 is 1.04 bits per heavy atom. The number of methoxy groups -OCH3 is 1. The third-order valence-electron chi connectivity index (χ3n) is 4.21. The van der Waals surface area contributed by atoms with E-state index in [0.717, 1.165) is 35.8 Å². The van der Waals surface area contributed by atoms with E-state index in [1.807, 2.05) is 48.5 Å². The van der Waals surface area contributed by atoms with Gasteiger partial charge in [0.2, 0.25) is 5.91 Å². The molecule has 0 aliphatic carbocycles. The van der Waals surface area contributed by atoms with Gasteiger partial charge in [-0.3, -0.25) is 4.79 Å². The van der Waals surface area contributed by atoms with Crippen LogP contribution in [0.15, 0.2) is 48.5 Å². The summed E-state index contributed by atoms with van der Waals surface area (Å²) in [7, 11) is 1.65. The Bertz CT molecular complexity index is 710. The second-order valence-corrected chi connectivity index (χ2v) is 6.27. The molecule has 1 heterocycles. The highest BCUT2D eigenvalue weighted by atomic mass is 16.5. The molecular formula is C20H24N2O4. The quantitative estimate of drug-likeness (QED) is 0.696. The van der Waals surface area contributed by atoms with Crippen molar-refractivity contribution in [2.45, 2.75) is 12.5 Å². The van der Waals surface area contributed by atoms with Gasteiger partial charge in [-0.1, -0.05) is 12.1 Å². The lowest BCUT2D eigenvalue weighted by atomic mass is 10.1. The van der Waals surface area contributed by atoms with Crippen molar-refractivity contribution in [1.82, 2.24) is 0 Å². The molecule has 2 N–H and O–H groups in total. The molecule has 1 aliphatic rings. The van der Waals surface area contributed by atoms with E-state index >= 15 is 0 Å². The van der Waals surface area contributed by atoms with Crippen molar-refractivity contribution in [2.24, 2.45) is 5.73 Å². The number of primary amides is 1. The van der Waals surface area contributed by atoms with Gasteiger partial charge in [-0.15, -0.1) is 0 Å². The zero-order valence-corrected chi connectivity index (χ0v) is 14.9. The van der Waals surface area contributed by atoms with Gasteiger partial charge in [-0.05, 0) is 42.0 Å². The Hall–Kier alpha value is -2.73. The highest BCUT2D eigenvalue weighted by Gasteiger charge is 2.28. The van der Waals surface area contributed by atoms with Gasteiger partial charge in [0.15, 0.2) is 0 Å². The second kappa shape index (κ2) is 8.58. The maximum absolute atomic E-state index is 10.9. The van der Waals surface area contributed by atoms with Crippen LogP contribution in [-0.2, 0) is 16.0 Å². The summed E-state index contributed by atoms with van der Waals surface area (Å²) in [6, 6.07) is 15.6. The Morgan fingerprint density at radius 3 is 2.31 bits per heavy atom. The van der Waals surface area contributed by atoms with Gasteiger partial charge in [-0.2, -0.15) is 0 Å². The fourth-order valence-electron chi connectivity index (χ4n) is 2.80. The van der Waals surface area contributed by atoms with Gasteiger partial charge in [0.05, 0.1) is 26.1 Å². The van der Waals surface area contributed by atoms with Crippen LogP contribution < -0.4 is 20.1 Å². The number of carbonyl (C=O) groups is 1. The molecule has 6 nitrogen and oxygen atoms in total. The Labute approximate surface area is 153 Å². The zero-order chi connectivity index (χ0) is 18.4. The number of benzene rings is 2. The summed E-state index contributed by atoms with van der Waals surface area (Å²) in [5.74, 6) is 1.33. The van der Waals surface area contributed by atoms with Crippen molar-refractivity contribution in [2.75, 3.05) is 38.3 Å². The molecule has 2 aromatic rings. The van der Waals surface area contributed by atoms with Crippen molar-refractivity contribution >= 4 is 11.6 Å². The third-order valence-corrected chi connectivity index (χ3v) is 4.21. The SMILES string of the molecule is COCCOc1ccc(OC2CN(c3ccc(CC(N)=O)cc3)C2)cc1. The molecule has 1 aliphatic heterocycles. The maximum Gasteiger partial charge on any atom is 0.221 e. The Balaban J connectivity index is 1.44. The minimum absolute atomic E-state index is 0.167. The number of carbonyl (C=O) groups excluding carboxylic acids is 1. The highest BCUT2D eigenvalue weighted by Crippen LogP contribution is 2.25. The average Bonchev–Trinajstić information content (AvgIpc) is 2.60. The summed E-state index contributed by atoms with van der Waals surface area (Å²) in [6.07, 6.45) is 0.442. The van der Waals surface area contributed by atoms with Crippen LogP contribution in [0.3, 0.4) is 0 Å². The Kier molecular flexibility index (Phi) is 5.96. The van der Waals surface area contributed by atoms with Crippen molar-refractivity contribution in [1.29, 1.82) is 0 Å². The standard InChI is InChI=1S/C20H24N2O4/c1-24-10-11-25-17-6-8-18(9-7-17)26-19-13-22(14-19)16-4-2-15(3-5-16)12-20(21)23/h2-9,19H,10-14H2,1H3,(H2,21,23). The van der Waals surface area contributed by atoms with Gasteiger partial charge >= 0.3 is 0 Å². The molecule has 1 saturated heterocycles. The van der Waals surface area contributed by atoms with E-state index in [-0.39, 0.29) is 18.4 Å². The first-order valence-electron chi connectivity index (χ1n) is 8.64. The summed E-state index contributed by atoms with van der Waals surface area (Å²) in [6.45, 7) is 2.77. The van der Waals surface area contributed by atoms with Gasteiger partial charge in [0.1, 0.15) is 24.2 Å². The summed E-state index contributed by atoms with van der Waals surface area (Å²) < 4.78 is 16.5. The lowest BCUT2D eigenvalue weighted by molar-refractivity contribution is -0.117. The smallest absolute Gasteiger partial charge is 0.221 e. The molecule has 6 heteroatoms. The van der Waals surface area contributed by atoms with Crippen LogP contribution in [0.25, 0.3) is 0 Å². The first-order chi connectivity index (χ1) is 12.6. The van der Waals surface area contributed by atoms with Gasteiger partial charge in [-0.25, -0.2) is 0 Å². The predicted octanol–water partition coefficient (Wildman–Crippen LogP) is 2.01. The number of amides is 1. The highest BCUT2D eigenvalue weighted by molar-refractivity contribution is 5.76. The molecule has 0 spiro atoms. The van der Waals surface area contributed by atoms with E-state index in [1.165, 1.54) is 0 Å². The van der Waals surface area contributed by atoms with Crippen LogP contribution >= 0.6 is 0 Å². The maximum atomic E-state index is 10.9. The first kappa shape index (κ1) is 18.1. The van der Waals surface area contributed by atoms with E-state index in [2.05, 4.69) is 4.90 Å². The fraction of sp³-hybridized carbons (Fsp3) is 0.350. The number of nitrogens with zero attached hydrogens (tertiary/aromatic N) is 1. The number of rotatable bonds is 9. The lowest BCUT2D eigenvalue weighted by Crippen LogP contribution is -2.54. The Morgan fingerprint density at radius 2 is 1.69 bits per heavy atom. The normalized spacial score (nSPS) is 14.0. The van der Waals surface area contributed by atoms with Crippen LogP contribution in [0.4, 0.5) is 5.69 Å². The number of nitrogens with two attached hydrogens (primary N) is 1. The predicted molar refractivity (Wildman–Crippen MR) is 99.8 cm³/mol. The van der Waals surface area contributed by atoms with Crippen molar-refractivity contribution in [3.63, 3.8) is 0 Å². The molecule has 0 saturated carbocycles. The fourth-order valence-corrected chi connectivity index (χ4v) is 2.80. The minimum atomic E-state index is -0.315. The zero-order valence-electron chi connectivity index (χ0n) is 14.9. The third kappa shape index (κ3) is 4.89. The van der Waals surface area contributed by atoms with Crippen LogP contribution in [-0.4, -0.2) is 45.4 Å². The average molecular weight is 356 g/mol. The molecule has 1 fully saturated rings. The molecule has 0 atom stereocenters. The van der Waals surface area contributed by atoms with E-state index in [0.29, 0.717) is 13.2 Å². The lowest BCUT2D eigenvalue weighted by Gasteiger charge is -2.40. The summed E-state index contributed by atoms with van der Waals surface area (Å²) in [5, 5.41) is 0. The summed E-state index contributed by atoms with van der Waals surface area (Å²) >= 11 is 0. The largest absolute Gasteiger partial charge is 0.491 e. The first-order valence-corrected chi connectivity index (χ1v) is 8.64. The molecule has 0 unspecified atom stereocenters. The van der Waals surface area contributed by atoms with Crippen molar-refractivity contribution in [3.05, 3.63) is 54.1 Å². The summed E-state index contributed by atoms with van der Waals surface area (Å²) in [5.41, 5.74) is 7.27. The molecule has 138 valence electrons. The van der Waals surface area contributed by atoms with Crippen LogP contribution in [0.5, 0.6) is 11.5 Å². The van der Waals surface area contributed by atoms with Crippen LogP contribution in [0, 0.1) is 0 Å². The second-order valence-electron chi connectivity index (χ2n) is 6.27. The number of hydrogen-bond acceptors (Lipinski definition) is 5. The molecule has 3 rings (SSSR count). The molecule has 0 radical (unpaired) electrons. The van der Waals surface area contributed by atoms with Gasteiger partial charge in [0, 0.05) is 12.8 Å². The monoisotopic (exact) mass is 356 g/mol. The molecule has 0 bridgehead atoms.